The Kier molecular flexibility index (Phi) is 2.59. The van der Waals surface area contributed by atoms with E-state index in [0.717, 1.165) is 18.1 Å². The van der Waals surface area contributed by atoms with Crippen LogP contribution in [0.15, 0.2) is 48.2 Å². The molecule has 0 saturated heterocycles. The number of para-hydroxylation sites is 1. The van der Waals surface area contributed by atoms with Crippen molar-refractivity contribution in [1.29, 1.82) is 0 Å². The first-order valence-corrected chi connectivity index (χ1v) is 5.89. The Labute approximate surface area is 105 Å². The van der Waals surface area contributed by atoms with Crippen molar-refractivity contribution in [2.24, 2.45) is 0 Å². The normalized spacial score (nSPS) is 14.1. The van der Waals surface area contributed by atoms with Gasteiger partial charge in [0.2, 0.25) is 0 Å². The van der Waals surface area contributed by atoms with Gasteiger partial charge in [0, 0.05) is 12.2 Å². The van der Waals surface area contributed by atoms with E-state index >= 15 is 0 Å². The smallest absolute Gasteiger partial charge is 0.141 e. The van der Waals surface area contributed by atoms with Crippen molar-refractivity contribution < 1.29 is 4.39 Å². The Hall–Kier alpha value is -2.16. The quantitative estimate of drug-likeness (QED) is 0.754. The van der Waals surface area contributed by atoms with E-state index in [2.05, 4.69) is 35.0 Å². The second kappa shape index (κ2) is 4.26. The summed E-state index contributed by atoms with van der Waals surface area (Å²) in [4.78, 5) is 6.26. The van der Waals surface area contributed by atoms with Gasteiger partial charge in [-0.15, -0.1) is 0 Å². The minimum Gasteiger partial charge on any atom is -0.322 e. The van der Waals surface area contributed by atoms with Gasteiger partial charge in [-0.1, -0.05) is 29.8 Å². The van der Waals surface area contributed by atoms with Crippen LogP contribution in [0, 0.1) is 5.82 Å². The van der Waals surface area contributed by atoms with Gasteiger partial charge in [0.05, 0.1) is 6.20 Å². The Morgan fingerprint density at radius 1 is 1.17 bits per heavy atom. The molecule has 0 spiro atoms. The van der Waals surface area contributed by atoms with Gasteiger partial charge in [0.1, 0.15) is 11.6 Å². The van der Waals surface area contributed by atoms with Crippen molar-refractivity contribution in [3.8, 4) is 0 Å². The van der Waals surface area contributed by atoms with E-state index in [4.69, 9.17) is 0 Å². The first-order chi connectivity index (χ1) is 8.74. The number of anilines is 2. The predicted octanol–water partition coefficient (Wildman–Crippen LogP) is 3.78. The zero-order valence-electron chi connectivity index (χ0n) is 10.1. The second-order valence-corrected chi connectivity index (χ2v) is 4.47. The molecule has 2 heterocycles. The maximum absolute atomic E-state index is 12.9. The summed E-state index contributed by atoms with van der Waals surface area (Å²) in [6, 6.07) is 11.3. The van der Waals surface area contributed by atoms with Crippen LogP contribution in [0.3, 0.4) is 0 Å². The van der Waals surface area contributed by atoms with Crippen LogP contribution in [0.1, 0.15) is 12.5 Å². The molecule has 0 fully saturated rings. The fraction of sp³-hybridized carbons (Fsp3) is 0.133. The third-order valence-electron chi connectivity index (χ3n) is 3.03. The molecule has 2 aromatic rings. The Morgan fingerprint density at radius 2 is 2.00 bits per heavy atom. The summed E-state index contributed by atoms with van der Waals surface area (Å²) in [6.45, 7) is 2.88. The molecule has 1 aromatic heterocycles. The van der Waals surface area contributed by atoms with Crippen LogP contribution in [0.2, 0.25) is 0 Å². The van der Waals surface area contributed by atoms with Crippen LogP contribution in [0.25, 0.3) is 6.08 Å². The van der Waals surface area contributed by atoms with E-state index in [0.29, 0.717) is 0 Å². The summed E-state index contributed by atoms with van der Waals surface area (Å²) in [5.41, 5.74) is 3.55. The van der Waals surface area contributed by atoms with Gasteiger partial charge in [-0.2, -0.15) is 0 Å². The standard InChI is InChI=1S/C15H13FN2/c1-11-8-12-4-2-3-5-14(12)18(10-11)15-7-6-13(16)9-17-15/h2-9H,10H2,1H3. The minimum absolute atomic E-state index is 0.309. The highest BCUT2D eigenvalue weighted by Crippen LogP contribution is 2.33. The van der Waals surface area contributed by atoms with E-state index in [9.17, 15) is 4.39 Å². The molecule has 0 unspecified atom stereocenters. The molecule has 3 heteroatoms. The molecule has 0 aliphatic carbocycles. The van der Waals surface area contributed by atoms with Crippen molar-refractivity contribution in [1.82, 2.24) is 4.98 Å². The third-order valence-corrected chi connectivity index (χ3v) is 3.03. The molecule has 0 radical (unpaired) electrons. The summed E-state index contributed by atoms with van der Waals surface area (Å²) in [6.07, 6.45) is 3.43. The van der Waals surface area contributed by atoms with E-state index in [1.54, 1.807) is 6.07 Å². The SMILES string of the molecule is CC1=Cc2ccccc2N(c2ccc(F)cn2)C1. The highest BCUT2D eigenvalue weighted by Gasteiger charge is 2.17. The summed E-state index contributed by atoms with van der Waals surface area (Å²) >= 11 is 0. The average molecular weight is 240 g/mol. The number of nitrogens with zero attached hydrogens (tertiary/aromatic N) is 2. The van der Waals surface area contributed by atoms with Crippen molar-refractivity contribution in [2.45, 2.75) is 6.92 Å². The topological polar surface area (TPSA) is 16.1 Å². The van der Waals surface area contributed by atoms with E-state index in [-0.39, 0.29) is 5.82 Å². The lowest BCUT2D eigenvalue weighted by Gasteiger charge is -2.29. The fourth-order valence-corrected chi connectivity index (χ4v) is 2.23. The van der Waals surface area contributed by atoms with Gasteiger partial charge < -0.3 is 4.90 Å². The second-order valence-electron chi connectivity index (χ2n) is 4.47. The highest BCUT2D eigenvalue weighted by atomic mass is 19.1. The van der Waals surface area contributed by atoms with Crippen molar-refractivity contribution in [3.63, 3.8) is 0 Å². The van der Waals surface area contributed by atoms with E-state index in [1.165, 1.54) is 23.4 Å². The van der Waals surface area contributed by atoms with E-state index < -0.39 is 0 Å². The predicted molar refractivity (Wildman–Crippen MR) is 71.3 cm³/mol. The number of pyridine rings is 1. The minimum atomic E-state index is -0.309. The largest absolute Gasteiger partial charge is 0.322 e. The summed E-state index contributed by atoms with van der Waals surface area (Å²) in [7, 11) is 0. The van der Waals surface area contributed by atoms with Crippen LogP contribution in [-0.4, -0.2) is 11.5 Å². The number of benzene rings is 1. The Bertz CT molecular complexity index is 602. The Balaban J connectivity index is 2.08. The highest BCUT2D eigenvalue weighted by molar-refractivity contribution is 5.77. The van der Waals surface area contributed by atoms with Crippen LogP contribution in [0.4, 0.5) is 15.9 Å². The lowest BCUT2D eigenvalue weighted by Crippen LogP contribution is -2.23. The van der Waals surface area contributed by atoms with Crippen molar-refractivity contribution in [2.75, 3.05) is 11.4 Å². The molecule has 0 amide bonds. The molecule has 18 heavy (non-hydrogen) atoms. The summed E-state index contributed by atoms with van der Waals surface area (Å²) in [5, 5.41) is 0. The number of rotatable bonds is 1. The molecule has 0 N–H and O–H groups in total. The van der Waals surface area contributed by atoms with Crippen LogP contribution in [-0.2, 0) is 0 Å². The Morgan fingerprint density at radius 3 is 2.78 bits per heavy atom. The van der Waals surface area contributed by atoms with Gasteiger partial charge in [-0.05, 0) is 30.7 Å². The van der Waals surface area contributed by atoms with Crippen molar-refractivity contribution >= 4 is 17.6 Å². The zero-order valence-corrected chi connectivity index (χ0v) is 10.1. The molecule has 0 saturated carbocycles. The molecule has 1 aliphatic heterocycles. The first-order valence-electron chi connectivity index (χ1n) is 5.89. The van der Waals surface area contributed by atoms with Gasteiger partial charge >= 0.3 is 0 Å². The van der Waals surface area contributed by atoms with E-state index in [1.807, 2.05) is 12.1 Å². The molecule has 1 aromatic carbocycles. The molecule has 0 bridgehead atoms. The molecule has 90 valence electrons. The molecule has 1 aliphatic rings. The number of aromatic nitrogens is 1. The number of hydrogen-bond acceptors (Lipinski definition) is 2. The summed E-state index contributed by atoms with van der Waals surface area (Å²) in [5.74, 6) is 0.465. The van der Waals surface area contributed by atoms with Gasteiger partial charge in [0.25, 0.3) is 0 Å². The molecule has 3 rings (SSSR count). The van der Waals surface area contributed by atoms with Gasteiger partial charge in [0.15, 0.2) is 0 Å². The number of fused-ring (bicyclic) bond motifs is 1. The number of halogens is 1. The molecular formula is C15H13FN2. The fourth-order valence-electron chi connectivity index (χ4n) is 2.23. The van der Waals surface area contributed by atoms with Crippen molar-refractivity contribution in [3.05, 3.63) is 59.5 Å². The lowest BCUT2D eigenvalue weighted by atomic mass is 10.0. The molecule has 2 nitrogen and oxygen atoms in total. The average Bonchev–Trinajstić information content (AvgIpc) is 2.38. The summed E-state index contributed by atoms with van der Waals surface area (Å²) < 4.78 is 12.9. The van der Waals surface area contributed by atoms with Gasteiger partial charge in [-0.25, -0.2) is 9.37 Å². The third kappa shape index (κ3) is 1.88. The molecule has 0 atom stereocenters. The zero-order chi connectivity index (χ0) is 12.5. The van der Waals surface area contributed by atoms with Crippen LogP contribution in [0.5, 0.6) is 0 Å². The lowest BCUT2D eigenvalue weighted by molar-refractivity contribution is 0.621. The maximum atomic E-state index is 12.9. The first kappa shape index (κ1) is 11.0. The monoisotopic (exact) mass is 240 g/mol. The number of hydrogen-bond donors (Lipinski definition) is 0. The van der Waals surface area contributed by atoms with Crippen LogP contribution < -0.4 is 4.90 Å². The molecular weight excluding hydrogens is 227 g/mol. The van der Waals surface area contributed by atoms with Gasteiger partial charge in [-0.3, -0.25) is 0 Å². The maximum Gasteiger partial charge on any atom is 0.141 e. The van der Waals surface area contributed by atoms with Crippen LogP contribution >= 0.6 is 0 Å².